The molecule has 1 fully saturated rings. The summed E-state index contributed by atoms with van der Waals surface area (Å²) in [5, 5.41) is 26.7. The number of amidine groups is 1. The van der Waals surface area contributed by atoms with Crippen molar-refractivity contribution in [2.75, 3.05) is 43.4 Å². The molecule has 0 spiro atoms. The van der Waals surface area contributed by atoms with E-state index in [9.17, 15) is 27.9 Å². The van der Waals surface area contributed by atoms with Crippen molar-refractivity contribution in [1.82, 2.24) is 14.9 Å². The first kappa shape index (κ1) is 32.7. The van der Waals surface area contributed by atoms with Gasteiger partial charge in [0.15, 0.2) is 0 Å². The van der Waals surface area contributed by atoms with E-state index in [1.54, 1.807) is 48.5 Å². The van der Waals surface area contributed by atoms with Gasteiger partial charge in [0.25, 0.3) is 5.97 Å². The Kier molecular flexibility index (Phi) is 12.2. The van der Waals surface area contributed by atoms with Crippen LogP contribution < -0.4 is 20.7 Å². The average Bonchev–Trinajstić information content (AvgIpc) is 2.91. The molecule has 222 valence electrons. The number of aryl methyl sites for hydroxylation is 1. The lowest BCUT2D eigenvalue weighted by molar-refractivity contribution is -0.139. The van der Waals surface area contributed by atoms with E-state index in [0.29, 0.717) is 12.1 Å². The van der Waals surface area contributed by atoms with Crippen LogP contribution in [-0.4, -0.2) is 97.6 Å². The van der Waals surface area contributed by atoms with E-state index in [0.717, 1.165) is 18.2 Å². The number of hydrogen-bond donors (Lipinski definition) is 6. The Morgan fingerprint density at radius 1 is 1.05 bits per heavy atom. The lowest BCUT2D eigenvalue weighted by Gasteiger charge is -2.35. The SMILES string of the molecule is CC(=O)O.N=C(N)c1ccc(N2CCN(CC(=O)NC[C@H](NS(=O)(=O)CCc3ccccc3)C(=O)O)C(=O)C2)cc1. The normalized spacial score (nSPS) is 13.9. The molecular weight excluding hydrogens is 556 g/mol. The largest absolute Gasteiger partial charge is 0.481 e. The molecule has 15 heteroatoms. The van der Waals surface area contributed by atoms with Crippen LogP contribution in [0.5, 0.6) is 0 Å². The highest BCUT2D eigenvalue weighted by atomic mass is 32.2. The number of aliphatic carboxylic acids is 2. The highest BCUT2D eigenvalue weighted by Crippen LogP contribution is 2.17. The molecule has 0 unspecified atom stereocenters. The summed E-state index contributed by atoms with van der Waals surface area (Å²) < 4.78 is 26.8. The Labute approximate surface area is 237 Å². The second-order valence-corrected chi connectivity index (χ2v) is 11.0. The highest BCUT2D eigenvalue weighted by Gasteiger charge is 2.28. The van der Waals surface area contributed by atoms with Crippen LogP contribution in [0.15, 0.2) is 54.6 Å². The number of sulfonamides is 1. The Morgan fingerprint density at radius 3 is 2.20 bits per heavy atom. The van der Waals surface area contributed by atoms with Gasteiger partial charge < -0.3 is 31.1 Å². The number of rotatable bonds is 12. The summed E-state index contributed by atoms with van der Waals surface area (Å²) in [7, 11) is -3.92. The van der Waals surface area contributed by atoms with Gasteiger partial charge in [-0.3, -0.25) is 24.6 Å². The fourth-order valence-electron chi connectivity index (χ4n) is 3.74. The van der Waals surface area contributed by atoms with Gasteiger partial charge in [-0.1, -0.05) is 30.3 Å². The summed E-state index contributed by atoms with van der Waals surface area (Å²) in [6, 6.07) is 14.3. The van der Waals surface area contributed by atoms with E-state index < -0.39 is 40.5 Å². The molecule has 3 rings (SSSR count). The summed E-state index contributed by atoms with van der Waals surface area (Å²) in [6.07, 6.45) is 0.212. The molecule has 7 N–H and O–H groups in total. The lowest BCUT2D eigenvalue weighted by Crippen LogP contribution is -2.54. The van der Waals surface area contributed by atoms with Crippen LogP contribution in [0.1, 0.15) is 18.1 Å². The van der Waals surface area contributed by atoms with Gasteiger partial charge in [0.1, 0.15) is 11.9 Å². The number of amides is 2. The van der Waals surface area contributed by atoms with Gasteiger partial charge in [-0.05, 0) is 36.2 Å². The molecule has 2 aromatic carbocycles. The van der Waals surface area contributed by atoms with Gasteiger partial charge in [0.05, 0.1) is 18.8 Å². The third-order valence-corrected chi connectivity index (χ3v) is 7.21. The number of nitrogens with two attached hydrogens (primary N) is 1. The van der Waals surface area contributed by atoms with Gasteiger partial charge in [-0.15, -0.1) is 0 Å². The van der Waals surface area contributed by atoms with Gasteiger partial charge >= 0.3 is 5.97 Å². The van der Waals surface area contributed by atoms with E-state index in [1.807, 2.05) is 11.0 Å². The fourth-order valence-corrected chi connectivity index (χ4v) is 4.98. The maximum Gasteiger partial charge on any atom is 0.323 e. The number of nitrogens with zero attached hydrogens (tertiary/aromatic N) is 2. The quantitative estimate of drug-likeness (QED) is 0.137. The molecule has 0 saturated carbocycles. The van der Waals surface area contributed by atoms with Gasteiger partial charge in [-0.2, -0.15) is 4.72 Å². The molecule has 1 aliphatic heterocycles. The fraction of sp³-hybridized carbons (Fsp3) is 0.346. The van der Waals surface area contributed by atoms with Crippen molar-refractivity contribution >= 4 is 45.3 Å². The van der Waals surface area contributed by atoms with Gasteiger partial charge in [0.2, 0.25) is 21.8 Å². The van der Waals surface area contributed by atoms with Crippen LogP contribution in [0.25, 0.3) is 0 Å². The number of nitrogen functional groups attached to an aromatic ring is 1. The number of carboxylic acids is 2. The molecule has 2 aromatic rings. The van der Waals surface area contributed by atoms with E-state index in [-0.39, 0.29) is 43.6 Å². The molecule has 0 bridgehead atoms. The van der Waals surface area contributed by atoms with Crippen molar-refractivity contribution in [1.29, 1.82) is 5.41 Å². The predicted octanol–water partition coefficient (Wildman–Crippen LogP) is -0.558. The number of carboxylic acid groups (broad SMARTS) is 2. The zero-order chi connectivity index (χ0) is 30.6. The van der Waals surface area contributed by atoms with Crippen LogP contribution >= 0.6 is 0 Å². The van der Waals surface area contributed by atoms with Crippen molar-refractivity contribution < 1.29 is 37.8 Å². The number of carbonyl (C=O) groups excluding carboxylic acids is 2. The minimum Gasteiger partial charge on any atom is -0.481 e. The maximum absolute atomic E-state index is 12.6. The van der Waals surface area contributed by atoms with Crippen LogP contribution in [0.3, 0.4) is 0 Å². The molecule has 0 radical (unpaired) electrons. The zero-order valence-corrected chi connectivity index (χ0v) is 23.3. The summed E-state index contributed by atoms with van der Waals surface area (Å²) in [6.45, 7) is 1.14. The highest BCUT2D eigenvalue weighted by molar-refractivity contribution is 7.89. The predicted molar refractivity (Wildman–Crippen MR) is 151 cm³/mol. The van der Waals surface area contributed by atoms with Crippen molar-refractivity contribution in [2.24, 2.45) is 5.73 Å². The van der Waals surface area contributed by atoms with Crippen LogP contribution in [-0.2, 0) is 35.6 Å². The van der Waals surface area contributed by atoms with E-state index in [1.165, 1.54) is 4.90 Å². The number of piperazine rings is 1. The minimum atomic E-state index is -3.92. The van der Waals surface area contributed by atoms with Crippen LogP contribution in [0, 0.1) is 5.41 Å². The first-order chi connectivity index (χ1) is 19.3. The van der Waals surface area contributed by atoms with Gasteiger partial charge in [0, 0.05) is 37.8 Å². The molecule has 41 heavy (non-hydrogen) atoms. The van der Waals surface area contributed by atoms with Crippen molar-refractivity contribution in [3.8, 4) is 0 Å². The third kappa shape index (κ3) is 11.6. The summed E-state index contributed by atoms with van der Waals surface area (Å²) in [4.78, 5) is 48.7. The van der Waals surface area contributed by atoms with E-state index in [2.05, 4.69) is 10.0 Å². The maximum atomic E-state index is 12.6. The number of nitrogens with one attached hydrogen (secondary N) is 3. The number of hydrogen-bond acceptors (Lipinski definition) is 8. The summed E-state index contributed by atoms with van der Waals surface area (Å²) in [5.74, 6) is -3.49. The average molecular weight is 591 g/mol. The molecule has 1 atom stereocenters. The zero-order valence-electron chi connectivity index (χ0n) is 22.4. The molecule has 1 saturated heterocycles. The Morgan fingerprint density at radius 2 is 1.66 bits per heavy atom. The first-order valence-corrected chi connectivity index (χ1v) is 14.1. The summed E-state index contributed by atoms with van der Waals surface area (Å²) in [5.41, 5.74) is 7.61. The second kappa shape index (κ2) is 15.3. The minimum absolute atomic E-state index is 0.0473. The van der Waals surface area contributed by atoms with Crippen LogP contribution in [0.4, 0.5) is 5.69 Å². The van der Waals surface area contributed by atoms with E-state index in [4.69, 9.17) is 21.0 Å². The monoisotopic (exact) mass is 590 g/mol. The molecular formula is C26H34N6O8S. The molecule has 2 amide bonds. The van der Waals surface area contributed by atoms with Gasteiger partial charge in [-0.25, -0.2) is 8.42 Å². The molecule has 0 aliphatic carbocycles. The van der Waals surface area contributed by atoms with Crippen molar-refractivity contribution in [2.45, 2.75) is 19.4 Å². The topological polar surface area (TPSA) is 223 Å². The van der Waals surface area contributed by atoms with E-state index >= 15 is 0 Å². The summed E-state index contributed by atoms with van der Waals surface area (Å²) >= 11 is 0. The molecule has 0 aromatic heterocycles. The number of carbonyl (C=O) groups is 4. The molecule has 14 nitrogen and oxygen atoms in total. The molecule has 1 heterocycles. The lowest BCUT2D eigenvalue weighted by atomic mass is 10.1. The number of benzene rings is 2. The smallest absolute Gasteiger partial charge is 0.323 e. The number of anilines is 1. The van der Waals surface area contributed by atoms with Crippen molar-refractivity contribution in [3.63, 3.8) is 0 Å². The molecule has 1 aliphatic rings. The van der Waals surface area contributed by atoms with Crippen LogP contribution in [0.2, 0.25) is 0 Å². The Hall–Kier alpha value is -4.50. The first-order valence-electron chi connectivity index (χ1n) is 12.5. The second-order valence-electron chi connectivity index (χ2n) is 9.08. The van der Waals surface area contributed by atoms with Crippen molar-refractivity contribution in [3.05, 3.63) is 65.7 Å². The third-order valence-electron chi connectivity index (χ3n) is 5.82. The Bertz CT molecular complexity index is 1330. The Balaban J connectivity index is 0.00000138. The standard InChI is InChI=1S/C24H30N6O6S.C2H4O2/c25-23(26)18-6-8-19(9-7-18)29-11-12-30(22(32)16-29)15-21(31)27-14-20(24(33)34)28-37(35,36)13-10-17-4-2-1-3-5-17;1-2(3)4/h1-9,20,28H,10-16H2,(H3,25,26)(H,27,31)(H,33,34);1H3,(H,3,4)/t20-;/m0./s1.